The number of hydrogen-bond acceptors (Lipinski definition) is 6. The fraction of sp³-hybridized carbons (Fsp3) is 0.611. The highest BCUT2D eigenvalue weighted by molar-refractivity contribution is 5.77. The van der Waals surface area contributed by atoms with Gasteiger partial charge in [0.25, 0.3) is 0 Å². The molecule has 6 nitrogen and oxygen atoms in total. The zero-order valence-electron chi connectivity index (χ0n) is 14.4. The van der Waals surface area contributed by atoms with Crippen LogP contribution >= 0.6 is 0 Å². The van der Waals surface area contributed by atoms with Gasteiger partial charge in [0, 0.05) is 12.6 Å². The Morgan fingerprint density at radius 1 is 1.25 bits per heavy atom. The molecule has 1 aromatic carbocycles. The second kappa shape index (κ2) is 6.99. The second-order valence-electron chi connectivity index (χ2n) is 6.25. The molecule has 0 saturated carbocycles. The van der Waals surface area contributed by atoms with Gasteiger partial charge in [0.05, 0.1) is 26.9 Å². The highest BCUT2D eigenvalue weighted by Crippen LogP contribution is 2.43. The summed E-state index contributed by atoms with van der Waals surface area (Å²) in [5, 5.41) is 10.3. The monoisotopic (exact) mass is 335 g/mol. The zero-order chi connectivity index (χ0) is 17.3. The Kier molecular flexibility index (Phi) is 4.96. The Hall–Kier alpha value is -1.79. The molecule has 2 aliphatic heterocycles. The first-order chi connectivity index (χ1) is 11.6. The first-order valence-electron chi connectivity index (χ1n) is 8.46. The van der Waals surface area contributed by atoms with E-state index in [9.17, 15) is 9.90 Å². The van der Waals surface area contributed by atoms with E-state index in [4.69, 9.17) is 14.2 Å². The Bertz CT molecular complexity index is 618. The maximum atomic E-state index is 12.3. The molecule has 1 N–H and O–H groups in total. The summed E-state index contributed by atoms with van der Waals surface area (Å²) in [5.74, 6) is 1.08. The summed E-state index contributed by atoms with van der Waals surface area (Å²) in [7, 11) is 3.25. The summed E-state index contributed by atoms with van der Waals surface area (Å²) >= 11 is 0. The van der Waals surface area contributed by atoms with Crippen molar-refractivity contribution < 1.29 is 24.1 Å². The fourth-order valence-corrected chi connectivity index (χ4v) is 3.93. The minimum atomic E-state index is -0.679. The lowest BCUT2D eigenvalue weighted by atomic mass is 9.82. The molecule has 2 aliphatic rings. The van der Waals surface area contributed by atoms with Gasteiger partial charge in [-0.2, -0.15) is 0 Å². The van der Waals surface area contributed by atoms with Gasteiger partial charge in [-0.1, -0.05) is 0 Å². The third-order valence-corrected chi connectivity index (χ3v) is 5.03. The predicted molar refractivity (Wildman–Crippen MR) is 88.4 cm³/mol. The van der Waals surface area contributed by atoms with E-state index >= 15 is 0 Å². The lowest BCUT2D eigenvalue weighted by Gasteiger charge is -2.46. The van der Waals surface area contributed by atoms with Crippen LogP contribution in [-0.2, 0) is 16.0 Å². The van der Waals surface area contributed by atoms with E-state index in [0.717, 1.165) is 24.2 Å². The molecular formula is C18H25NO5. The van der Waals surface area contributed by atoms with Gasteiger partial charge >= 0.3 is 5.97 Å². The molecule has 132 valence electrons. The van der Waals surface area contributed by atoms with Crippen LogP contribution in [-0.4, -0.2) is 55.5 Å². The molecule has 1 saturated heterocycles. The minimum absolute atomic E-state index is 0.0892. The summed E-state index contributed by atoms with van der Waals surface area (Å²) in [4.78, 5) is 14.4. The number of piperidine rings is 1. The van der Waals surface area contributed by atoms with Crippen molar-refractivity contribution in [1.82, 2.24) is 4.90 Å². The van der Waals surface area contributed by atoms with Crippen LogP contribution in [0.15, 0.2) is 12.1 Å². The number of carbonyl (C=O) groups excluding carboxylic acids is 1. The lowest BCUT2D eigenvalue weighted by Crippen LogP contribution is -2.56. The van der Waals surface area contributed by atoms with Crippen molar-refractivity contribution in [3.63, 3.8) is 0 Å². The molecule has 1 fully saturated rings. The van der Waals surface area contributed by atoms with Crippen molar-refractivity contribution in [3.8, 4) is 11.5 Å². The van der Waals surface area contributed by atoms with Gasteiger partial charge in [0.1, 0.15) is 6.04 Å². The second-order valence-corrected chi connectivity index (χ2v) is 6.25. The molecule has 0 aromatic heterocycles. The van der Waals surface area contributed by atoms with Crippen LogP contribution in [0, 0.1) is 0 Å². The van der Waals surface area contributed by atoms with E-state index in [1.54, 1.807) is 21.1 Å². The van der Waals surface area contributed by atoms with E-state index in [2.05, 4.69) is 4.90 Å². The quantitative estimate of drug-likeness (QED) is 0.845. The molecule has 0 unspecified atom stereocenters. The molecule has 1 aromatic rings. The van der Waals surface area contributed by atoms with Gasteiger partial charge in [-0.3, -0.25) is 9.69 Å². The Morgan fingerprint density at radius 3 is 2.62 bits per heavy atom. The van der Waals surface area contributed by atoms with Gasteiger partial charge in [-0.15, -0.1) is 0 Å². The van der Waals surface area contributed by atoms with Crippen LogP contribution in [0.3, 0.4) is 0 Å². The van der Waals surface area contributed by atoms with Crippen molar-refractivity contribution in [2.75, 3.05) is 27.4 Å². The maximum Gasteiger partial charge on any atom is 0.326 e. The largest absolute Gasteiger partial charge is 0.493 e. The van der Waals surface area contributed by atoms with Gasteiger partial charge in [-0.05, 0) is 49.4 Å². The Labute approximate surface area is 142 Å². The van der Waals surface area contributed by atoms with Crippen LogP contribution in [0.25, 0.3) is 0 Å². The summed E-state index contributed by atoms with van der Waals surface area (Å²) in [6.07, 6.45) is 1.51. The van der Waals surface area contributed by atoms with Crippen LogP contribution in [0.2, 0.25) is 0 Å². The van der Waals surface area contributed by atoms with Crippen LogP contribution < -0.4 is 9.47 Å². The average molecular weight is 335 g/mol. The number of nitrogens with zero attached hydrogens (tertiary/aromatic N) is 1. The average Bonchev–Trinajstić information content (AvgIpc) is 2.59. The number of aliphatic hydroxyl groups excluding tert-OH is 1. The first-order valence-corrected chi connectivity index (χ1v) is 8.46. The number of rotatable bonds is 4. The summed E-state index contributed by atoms with van der Waals surface area (Å²) in [6, 6.07) is 3.53. The zero-order valence-corrected chi connectivity index (χ0v) is 14.4. The van der Waals surface area contributed by atoms with Gasteiger partial charge in [0.15, 0.2) is 11.5 Å². The molecule has 3 atom stereocenters. The van der Waals surface area contributed by atoms with E-state index in [-0.39, 0.29) is 12.0 Å². The van der Waals surface area contributed by atoms with Crippen LogP contribution in [0.5, 0.6) is 11.5 Å². The predicted octanol–water partition coefficient (Wildman–Crippen LogP) is 1.69. The molecule has 6 heteroatoms. The highest BCUT2D eigenvalue weighted by atomic mass is 16.5. The van der Waals surface area contributed by atoms with E-state index in [0.29, 0.717) is 25.3 Å². The molecule has 3 rings (SSSR count). The third kappa shape index (κ3) is 2.84. The number of benzene rings is 1. The highest BCUT2D eigenvalue weighted by Gasteiger charge is 2.44. The van der Waals surface area contributed by atoms with Crippen LogP contribution in [0.1, 0.15) is 36.9 Å². The standard InChI is InChI=1S/C18H25NO5/c1-4-24-18(21)17-14(20)6-5-13-12-10-16(23-3)15(22-2)9-11(12)7-8-19(13)17/h9-10,13-14,17,20H,4-8H2,1-3H3/t13-,14+,17-/m0/s1. The lowest BCUT2D eigenvalue weighted by molar-refractivity contribution is -0.159. The maximum absolute atomic E-state index is 12.3. The molecular weight excluding hydrogens is 310 g/mol. The number of esters is 1. The molecule has 24 heavy (non-hydrogen) atoms. The van der Waals surface area contributed by atoms with Crippen LogP contribution in [0.4, 0.5) is 0 Å². The van der Waals surface area contributed by atoms with Crippen molar-refractivity contribution in [3.05, 3.63) is 23.3 Å². The number of carbonyl (C=O) groups is 1. The molecule has 0 aliphatic carbocycles. The Morgan fingerprint density at radius 2 is 1.96 bits per heavy atom. The third-order valence-electron chi connectivity index (χ3n) is 5.03. The SMILES string of the molecule is CCOC(=O)[C@@H]1[C@H](O)CC[C@H]2c3cc(OC)c(OC)cc3CCN12. The van der Waals surface area contributed by atoms with Crippen molar-refractivity contribution >= 4 is 5.97 Å². The number of hydrogen-bond donors (Lipinski definition) is 1. The normalized spacial score (nSPS) is 26.2. The van der Waals surface area contributed by atoms with Crippen molar-refractivity contribution in [2.24, 2.45) is 0 Å². The smallest absolute Gasteiger partial charge is 0.326 e. The first kappa shape index (κ1) is 17.0. The number of ether oxygens (including phenoxy) is 3. The van der Waals surface area contributed by atoms with E-state index in [1.807, 2.05) is 12.1 Å². The number of methoxy groups -OCH3 is 2. The number of fused-ring (bicyclic) bond motifs is 3. The summed E-state index contributed by atoms with van der Waals surface area (Å²) in [5.41, 5.74) is 2.37. The summed E-state index contributed by atoms with van der Waals surface area (Å²) < 4.78 is 16.0. The molecule has 0 bridgehead atoms. The topological polar surface area (TPSA) is 68.2 Å². The molecule has 2 heterocycles. The van der Waals surface area contributed by atoms with E-state index in [1.165, 1.54) is 5.56 Å². The minimum Gasteiger partial charge on any atom is -0.493 e. The van der Waals surface area contributed by atoms with E-state index < -0.39 is 12.1 Å². The summed E-state index contributed by atoms with van der Waals surface area (Å²) in [6.45, 7) is 2.82. The van der Waals surface area contributed by atoms with Crippen molar-refractivity contribution in [1.29, 1.82) is 0 Å². The van der Waals surface area contributed by atoms with Gasteiger partial charge in [0.2, 0.25) is 0 Å². The molecule has 0 amide bonds. The Balaban J connectivity index is 1.96. The number of aliphatic hydroxyl groups is 1. The fourth-order valence-electron chi connectivity index (χ4n) is 3.93. The van der Waals surface area contributed by atoms with Gasteiger partial charge in [-0.25, -0.2) is 0 Å². The van der Waals surface area contributed by atoms with Gasteiger partial charge < -0.3 is 19.3 Å². The molecule has 0 spiro atoms. The van der Waals surface area contributed by atoms with Crippen molar-refractivity contribution in [2.45, 2.75) is 44.4 Å². The molecule has 0 radical (unpaired) electrons.